The molecule has 1 heterocycles. The average molecular weight is 567 g/mol. The summed E-state index contributed by atoms with van der Waals surface area (Å²) in [6.45, 7) is 9.52. The Morgan fingerprint density at radius 2 is 0.767 bits per heavy atom. The average Bonchev–Trinajstić information content (AvgIpc) is 3.39. The molecule has 218 valence electrons. The molecular weight excluding hydrogens is 524 g/mol. The third-order valence-electron chi connectivity index (χ3n) is 8.06. The summed E-state index contributed by atoms with van der Waals surface area (Å²) in [5.74, 6) is 0. The summed E-state index contributed by atoms with van der Waals surface area (Å²) in [5.41, 5.74) is 12.0. The van der Waals surface area contributed by atoms with Crippen LogP contribution in [0.5, 0.6) is 0 Å². The van der Waals surface area contributed by atoms with E-state index in [4.69, 9.17) is 0 Å². The minimum Gasteiger partial charge on any atom is -0.385 e. The van der Waals surface area contributed by atoms with Gasteiger partial charge in [0.05, 0.1) is 11.0 Å². The van der Waals surface area contributed by atoms with E-state index in [-0.39, 0.29) is 0 Å². The van der Waals surface area contributed by atoms with Crippen LogP contribution in [0.4, 0.5) is 17.1 Å². The Balaban J connectivity index is 1.45. The van der Waals surface area contributed by atoms with E-state index in [2.05, 4.69) is 150 Å². The van der Waals surface area contributed by atoms with Crippen molar-refractivity contribution in [3.05, 3.63) is 109 Å². The van der Waals surface area contributed by atoms with E-state index in [9.17, 15) is 0 Å². The van der Waals surface area contributed by atoms with Crippen molar-refractivity contribution in [2.45, 2.75) is 40.0 Å². The van der Waals surface area contributed by atoms with Crippen LogP contribution < -0.4 is 16.0 Å². The van der Waals surface area contributed by atoms with Crippen LogP contribution in [0, 0.1) is 0 Å². The van der Waals surface area contributed by atoms with Gasteiger partial charge in [0.15, 0.2) is 0 Å². The third kappa shape index (κ3) is 6.10. The van der Waals surface area contributed by atoms with Crippen LogP contribution in [0.3, 0.4) is 0 Å². The van der Waals surface area contributed by atoms with Crippen LogP contribution in [0.1, 0.15) is 40.0 Å². The van der Waals surface area contributed by atoms with Crippen molar-refractivity contribution >= 4 is 38.9 Å². The molecule has 3 N–H and O–H groups in total. The summed E-state index contributed by atoms with van der Waals surface area (Å²) in [6, 6.07) is 40.3. The zero-order valence-electron chi connectivity index (χ0n) is 25.6. The van der Waals surface area contributed by atoms with Gasteiger partial charge in [0.1, 0.15) is 0 Å². The first kappa shape index (κ1) is 28.4. The third-order valence-corrected chi connectivity index (χ3v) is 8.06. The zero-order chi connectivity index (χ0) is 29.6. The first-order valence-corrected chi connectivity index (χ1v) is 15.8. The van der Waals surface area contributed by atoms with Gasteiger partial charge in [-0.3, -0.25) is 0 Å². The highest BCUT2D eigenvalue weighted by Gasteiger charge is 2.15. The Bertz CT molecular complexity index is 1690. The molecule has 0 fully saturated rings. The normalized spacial score (nSPS) is 11.2. The number of fused-ring (bicyclic) bond motifs is 3. The number of benzene rings is 5. The minimum absolute atomic E-state index is 0.978. The number of anilines is 3. The number of hydrogen-bond acceptors (Lipinski definition) is 3. The smallest absolute Gasteiger partial charge is 0.0541 e. The molecule has 1 aromatic heterocycles. The van der Waals surface area contributed by atoms with Gasteiger partial charge in [0.2, 0.25) is 0 Å². The molecule has 4 heteroatoms. The topological polar surface area (TPSA) is 41.0 Å². The zero-order valence-corrected chi connectivity index (χ0v) is 25.6. The maximum atomic E-state index is 3.50. The van der Waals surface area contributed by atoms with E-state index in [0.717, 1.165) is 44.6 Å². The fourth-order valence-electron chi connectivity index (χ4n) is 5.76. The Hall–Kier alpha value is -4.70. The molecule has 0 bridgehead atoms. The highest BCUT2D eigenvalue weighted by molar-refractivity contribution is 6.11. The fourth-order valence-corrected chi connectivity index (χ4v) is 5.76. The molecule has 0 saturated heterocycles. The van der Waals surface area contributed by atoms with Crippen LogP contribution in [-0.2, 0) is 0 Å². The number of nitrogens with one attached hydrogen (secondary N) is 3. The lowest BCUT2D eigenvalue weighted by Gasteiger charge is -2.11. The lowest BCUT2D eigenvalue weighted by atomic mass is 10.00. The van der Waals surface area contributed by atoms with Gasteiger partial charge in [-0.1, -0.05) is 57.2 Å². The van der Waals surface area contributed by atoms with Crippen molar-refractivity contribution in [3.8, 4) is 27.9 Å². The largest absolute Gasteiger partial charge is 0.385 e. The van der Waals surface area contributed by atoms with Crippen molar-refractivity contribution in [2.24, 2.45) is 0 Å². The Morgan fingerprint density at radius 1 is 0.419 bits per heavy atom. The summed E-state index contributed by atoms with van der Waals surface area (Å²) in [4.78, 5) is 0. The van der Waals surface area contributed by atoms with E-state index >= 15 is 0 Å². The Labute approximate surface area is 255 Å². The van der Waals surface area contributed by atoms with Gasteiger partial charge in [0, 0.05) is 53.2 Å². The highest BCUT2D eigenvalue weighted by Crippen LogP contribution is 2.37. The molecule has 6 rings (SSSR count). The predicted molar refractivity (Wildman–Crippen MR) is 188 cm³/mol. The molecule has 0 aliphatic heterocycles. The molecule has 43 heavy (non-hydrogen) atoms. The van der Waals surface area contributed by atoms with Crippen molar-refractivity contribution in [3.63, 3.8) is 0 Å². The van der Waals surface area contributed by atoms with Gasteiger partial charge in [-0.05, 0) is 114 Å². The molecule has 0 unspecified atom stereocenters. The lowest BCUT2D eigenvalue weighted by Crippen LogP contribution is -2.00. The molecule has 0 saturated carbocycles. The highest BCUT2D eigenvalue weighted by atomic mass is 15.0. The SMILES string of the molecule is CCCNc1ccc(-c2ccc3c(c2)c2cc(-c4ccc(NCCC)cc4)ccc2n3-c2ccc(NCCC)cc2)cc1. The molecule has 0 aliphatic rings. The molecule has 0 spiro atoms. The molecule has 6 aromatic rings. The maximum Gasteiger partial charge on any atom is 0.0541 e. The van der Waals surface area contributed by atoms with Crippen molar-refractivity contribution in [1.82, 2.24) is 4.57 Å². The van der Waals surface area contributed by atoms with E-state index in [1.165, 1.54) is 61.1 Å². The second kappa shape index (κ2) is 13.1. The molecule has 5 aromatic carbocycles. The Morgan fingerprint density at radius 3 is 1.14 bits per heavy atom. The van der Waals surface area contributed by atoms with Gasteiger partial charge in [-0.25, -0.2) is 0 Å². The fraction of sp³-hybridized carbons (Fsp3) is 0.231. The second-order valence-electron chi connectivity index (χ2n) is 11.3. The molecule has 0 radical (unpaired) electrons. The molecule has 0 amide bonds. The van der Waals surface area contributed by atoms with Gasteiger partial charge < -0.3 is 20.5 Å². The van der Waals surface area contributed by atoms with E-state index in [0.29, 0.717) is 0 Å². The van der Waals surface area contributed by atoms with Gasteiger partial charge in [-0.2, -0.15) is 0 Å². The van der Waals surface area contributed by atoms with Crippen LogP contribution in [0.2, 0.25) is 0 Å². The predicted octanol–water partition coefficient (Wildman–Crippen LogP) is 10.6. The quantitative estimate of drug-likeness (QED) is 0.138. The molecule has 0 aliphatic carbocycles. The summed E-state index contributed by atoms with van der Waals surface area (Å²) < 4.78 is 2.40. The standard InChI is InChI=1S/C39H42N4/c1-4-23-40-32-13-7-28(8-14-32)30-11-21-38-36(26-30)37-27-31(29-9-15-33(16-10-29)41-24-5-2)12-22-39(37)43(38)35-19-17-34(18-20-35)42-25-6-3/h7-22,26-27,40-42H,4-6,23-25H2,1-3H3. The molecule has 4 nitrogen and oxygen atoms in total. The van der Waals surface area contributed by atoms with Crippen LogP contribution in [0.15, 0.2) is 109 Å². The number of nitrogens with zero attached hydrogens (tertiary/aromatic N) is 1. The Kier molecular flexibility index (Phi) is 8.65. The molecule has 0 atom stereocenters. The maximum absolute atomic E-state index is 3.50. The number of hydrogen-bond donors (Lipinski definition) is 3. The summed E-state index contributed by atoms with van der Waals surface area (Å²) >= 11 is 0. The van der Waals surface area contributed by atoms with Gasteiger partial charge in [0.25, 0.3) is 0 Å². The summed E-state index contributed by atoms with van der Waals surface area (Å²) in [7, 11) is 0. The van der Waals surface area contributed by atoms with E-state index < -0.39 is 0 Å². The van der Waals surface area contributed by atoms with Crippen molar-refractivity contribution in [1.29, 1.82) is 0 Å². The first-order chi connectivity index (χ1) is 21.2. The monoisotopic (exact) mass is 566 g/mol. The van der Waals surface area contributed by atoms with Crippen LogP contribution in [0.25, 0.3) is 49.7 Å². The van der Waals surface area contributed by atoms with E-state index in [1.54, 1.807) is 0 Å². The first-order valence-electron chi connectivity index (χ1n) is 15.8. The van der Waals surface area contributed by atoms with Crippen molar-refractivity contribution < 1.29 is 0 Å². The van der Waals surface area contributed by atoms with Crippen LogP contribution in [-0.4, -0.2) is 24.2 Å². The number of aromatic nitrogens is 1. The lowest BCUT2D eigenvalue weighted by molar-refractivity contribution is 0.979. The van der Waals surface area contributed by atoms with E-state index in [1.807, 2.05) is 0 Å². The van der Waals surface area contributed by atoms with Crippen LogP contribution >= 0.6 is 0 Å². The van der Waals surface area contributed by atoms with Crippen molar-refractivity contribution in [2.75, 3.05) is 35.6 Å². The van der Waals surface area contributed by atoms with Gasteiger partial charge in [-0.15, -0.1) is 0 Å². The minimum atomic E-state index is 0.978. The second-order valence-corrected chi connectivity index (χ2v) is 11.3. The number of rotatable bonds is 12. The van der Waals surface area contributed by atoms with Gasteiger partial charge >= 0.3 is 0 Å². The summed E-state index contributed by atoms with van der Waals surface area (Å²) in [6.07, 6.45) is 3.33. The molecular formula is C39H42N4. The summed E-state index contributed by atoms with van der Waals surface area (Å²) in [5, 5.41) is 13.0.